The number of pyridine rings is 1. The van der Waals surface area contributed by atoms with Crippen LogP contribution in [-0.2, 0) is 10.2 Å². The van der Waals surface area contributed by atoms with Crippen molar-refractivity contribution >= 4 is 29.1 Å². The summed E-state index contributed by atoms with van der Waals surface area (Å²) in [7, 11) is 0. The maximum atomic E-state index is 12.8. The van der Waals surface area contributed by atoms with Crippen LogP contribution in [0.2, 0.25) is 5.15 Å². The van der Waals surface area contributed by atoms with E-state index in [-0.39, 0.29) is 23.1 Å². The molecule has 148 valence electrons. The lowest BCUT2D eigenvalue weighted by molar-refractivity contribution is -0.121. The van der Waals surface area contributed by atoms with Gasteiger partial charge in [-0.2, -0.15) is 0 Å². The maximum absolute atomic E-state index is 12.8. The molecule has 1 aromatic heterocycles. The Morgan fingerprint density at radius 2 is 1.71 bits per heavy atom. The fraction of sp³-hybridized carbons (Fsp3) is 0.409. The van der Waals surface area contributed by atoms with E-state index in [1.807, 2.05) is 29.2 Å². The van der Waals surface area contributed by atoms with Gasteiger partial charge in [-0.1, -0.05) is 44.5 Å². The number of nitrogens with one attached hydrogen (secondary N) is 1. The van der Waals surface area contributed by atoms with E-state index >= 15 is 0 Å². The van der Waals surface area contributed by atoms with Crippen molar-refractivity contribution < 1.29 is 9.59 Å². The highest BCUT2D eigenvalue weighted by Gasteiger charge is 2.28. The first-order valence-corrected chi connectivity index (χ1v) is 9.94. The number of likely N-dealkylation sites (tertiary alicyclic amines) is 1. The molecule has 1 N–H and O–H groups in total. The number of hydrogen-bond acceptors (Lipinski definition) is 3. The van der Waals surface area contributed by atoms with Crippen molar-refractivity contribution in [2.24, 2.45) is 5.92 Å². The van der Waals surface area contributed by atoms with E-state index in [9.17, 15) is 9.59 Å². The Morgan fingerprint density at radius 1 is 1.07 bits per heavy atom. The summed E-state index contributed by atoms with van der Waals surface area (Å²) >= 11 is 5.76. The summed E-state index contributed by atoms with van der Waals surface area (Å²) in [6.45, 7) is 7.62. The van der Waals surface area contributed by atoms with Crippen molar-refractivity contribution in [3.63, 3.8) is 0 Å². The van der Waals surface area contributed by atoms with Gasteiger partial charge in [-0.15, -0.1) is 0 Å². The molecule has 1 aromatic carbocycles. The summed E-state index contributed by atoms with van der Waals surface area (Å²) in [5.74, 6) is -0.116. The first-order chi connectivity index (χ1) is 13.2. The predicted octanol–water partition coefficient (Wildman–Crippen LogP) is 4.52. The smallest absolute Gasteiger partial charge is 0.253 e. The molecule has 0 aliphatic carbocycles. The number of piperidine rings is 1. The van der Waals surface area contributed by atoms with Gasteiger partial charge < -0.3 is 10.2 Å². The number of rotatable bonds is 3. The van der Waals surface area contributed by atoms with E-state index in [1.54, 1.807) is 18.3 Å². The van der Waals surface area contributed by atoms with Crippen LogP contribution in [0.5, 0.6) is 0 Å². The molecule has 5 nitrogen and oxygen atoms in total. The van der Waals surface area contributed by atoms with Crippen LogP contribution in [0.15, 0.2) is 42.6 Å². The molecule has 1 saturated heterocycles. The summed E-state index contributed by atoms with van der Waals surface area (Å²) in [5.41, 5.74) is 2.60. The Bertz CT molecular complexity index is 834. The van der Waals surface area contributed by atoms with Gasteiger partial charge in [-0.05, 0) is 48.1 Å². The number of halogens is 1. The SMILES string of the molecule is CC(C)(C)c1ccc(C(=O)N2CCC(C(=O)Nc3ccc(Cl)nc3)CC2)cc1. The molecule has 1 fully saturated rings. The molecule has 2 heterocycles. The molecule has 0 atom stereocenters. The normalized spacial score (nSPS) is 15.4. The Morgan fingerprint density at radius 3 is 2.25 bits per heavy atom. The van der Waals surface area contributed by atoms with Gasteiger partial charge in [-0.25, -0.2) is 4.98 Å². The standard InChI is InChI=1S/C22H26ClN3O2/c1-22(2,3)17-6-4-16(5-7-17)21(28)26-12-10-15(11-13-26)20(27)25-18-8-9-19(23)24-14-18/h4-9,14-15H,10-13H2,1-3H3,(H,25,27). The molecule has 1 aliphatic rings. The second-order valence-electron chi connectivity index (χ2n) is 8.25. The maximum Gasteiger partial charge on any atom is 0.253 e. The molecule has 0 bridgehead atoms. The van der Waals surface area contributed by atoms with Crippen LogP contribution in [-0.4, -0.2) is 34.8 Å². The zero-order chi connectivity index (χ0) is 20.3. The van der Waals surface area contributed by atoms with Crippen LogP contribution >= 0.6 is 11.6 Å². The minimum absolute atomic E-state index is 0.0289. The van der Waals surface area contributed by atoms with E-state index in [4.69, 9.17) is 11.6 Å². The molecule has 1 aliphatic heterocycles. The van der Waals surface area contributed by atoms with Crippen molar-refractivity contribution in [3.05, 3.63) is 58.9 Å². The Kier molecular flexibility index (Phi) is 6.04. The summed E-state index contributed by atoms with van der Waals surface area (Å²) in [6.07, 6.45) is 2.84. The summed E-state index contributed by atoms with van der Waals surface area (Å²) in [6, 6.07) is 11.2. The highest BCUT2D eigenvalue weighted by molar-refractivity contribution is 6.29. The van der Waals surface area contributed by atoms with Crippen LogP contribution in [0.1, 0.15) is 49.5 Å². The Balaban J connectivity index is 1.55. The van der Waals surface area contributed by atoms with Gasteiger partial charge >= 0.3 is 0 Å². The van der Waals surface area contributed by atoms with Crippen LogP contribution in [0.3, 0.4) is 0 Å². The van der Waals surface area contributed by atoms with Crippen LogP contribution < -0.4 is 5.32 Å². The molecule has 3 rings (SSSR count). The lowest BCUT2D eigenvalue weighted by Crippen LogP contribution is -2.41. The Hall–Kier alpha value is -2.40. The molecule has 0 radical (unpaired) electrons. The average molecular weight is 400 g/mol. The van der Waals surface area contributed by atoms with Gasteiger partial charge in [0.15, 0.2) is 0 Å². The molecule has 28 heavy (non-hydrogen) atoms. The lowest BCUT2D eigenvalue weighted by Gasteiger charge is -2.31. The van der Waals surface area contributed by atoms with Crippen molar-refractivity contribution in [2.75, 3.05) is 18.4 Å². The summed E-state index contributed by atoms with van der Waals surface area (Å²) in [5, 5.41) is 3.26. The van der Waals surface area contributed by atoms with Crippen molar-refractivity contribution in [1.82, 2.24) is 9.88 Å². The molecular formula is C22H26ClN3O2. The quantitative estimate of drug-likeness (QED) is 0.771. The van der Waals surface area contributed by atoms with Crippen LogP contribution in [0.25, 0.3) is 0 Å². The zero-order valence-electron chi connectivity index (χ0n) is 16.5. The number of nitrogens with zero attached hydrogens (tertiary/aromatic N) is 2. The highest BCUT2D eigenvalue weighted by Crippen LogP contribution is 2.24. The van der Waals surface area contributed by atoms with E-state index in [0.717, 1.165) is 0 Å². The number of amides is 2. The molecule has 0 saturated carbocycles. The lowest BCUT2D eigenvalue weighted by atomic mass is 9.86. The van der Waals surface area contributed by atoms with Gasteiger partial charge in [0, 0.05) is 24.6 Å². The van der Waals surface area contributed by atoms with Crippen molar-refractivity contribution in [3.8, 4) is 0 Å². The largest absolute Gasteiger partial charge is 0.339 e. The average Bonchev–Trinajstić information content (AvgIpc) is 2.69. The molecule has 6 heteroatoms. The van der Waals surface area contributed by atoms with Crippen molar-refractivity contribution in [2.45, 2.75) is 39.0 Å². The number of anilines is 1. The number of carbonyl (C=O) groups is 2. The van der Waals surface area contributed by atoms with Crippen molar-refractivity contribution in [1.29, 1.82) is 0 Å². The van der Waals surface area contributed by atoms with Gasteiger partial charge in [0.1, 0.15) is 5.15 Å². The Labute approximate surface area is 171 Å². The molecule has 0 spiro atoms. The second kappa shape index (κ2) is 8.31. The fourth-order valence-electron chi connectivity index (χ4n) is 3.33. The van der Waals surface area contributed by atoms with E-state index in [2.05, 4.69) is 31.1 Å². The van der Waals surface area contributed by atoms with Gasteiger partial charge in [0.25, 0.3) is 5.91 Å². The number of hydrogen-bond donors (Lipinski definition) is 1. The summed E-state index contributed by atoms with van der Waals surface area (Å²) in [4.78, 5) is 31.0. The predicted molar refractivity (Wildman–Crippen MR) is 112 cm³/mol. The highest BCUT2D eigenvalue weighted by atomic mass is 35.5. The zero-order valence-corrected chi connectivity index (χ0v) is 17.3. The third-order valence-corrected chi connectivity index (χ3v) is 5.37. The topological polar surface area (TPSA) is 62.3 Å². The van der Waals surface area contributed by atoms with Gasteiger partial charge in [0.05, 0.1) is 11.9 Å². The molecule has 2 amide bonds. The molecular weight excluding hydrogens is 374 g/mol. The minimum Gasteiger partial charge on any atom is -0.339 e. The van der Waals surface area contributed by atoms with E-state index in [1.165, 1.54) is 5.56 Å². The number of carbonyl (C=O) groups excluding carboxylic acids is 2. The minimum atomic E-state index is -0.108. The summed E-state index contributed by atoms with van der Waals surface area (Å²) < 4.78 is 0. The van der Waals surface area contributed by atoms with Gasteiger partial charge in [0.2, 0.25) is 5.91 Å². The monoisotopic (exact) mass is 399 g/mol. The number of benzene rings is 1. The first-order valence-electron chi connectivity index (χ1n) is 9.56. The molecule has 0 unspecified atom stereocenters. The first kappa shape index (κ1) is 20.3. The second-order valence-corrected chi connectivity index (χ2v) is 8.64. The van der Waals surface area contributed by atoms with E-state index < -0.39 is 0 Å². The van der Waals surface area contributed by atoms with Crippen LogP contribution in [0.4, 0.5) is 5.69 Å². The third-order valence-electron chi connectivity index (χ3n) is 5.15. The molecule has 2 aromatic rings. The third kappa shape index (κ3) is 4.90. The number of aromatic nitrogens is 1. The van der Waals surface area contributed by atoms with Crippen LogP contribution in [0, 0.1) is 5.92 Å². The van der Waals surface area contributed by atoms with E-state index in [0.29, 0.717) is 42.3 Å². The van der Waals surface area contributed by atoms with Gasteiger partial charge in [-0.3, -0.25) is 9.59 Å². The fourth-order valence-corrected chi connectivity index (χ4v) is 3.45.